The molecule has 0 radical (unpaired) electrons. The first-order valence-corrected chi connectivity index (χ1v) is 6.86. The predicted molar refractivity (Wildman–Crippen MR) is 71.4 cm³/mol. The average molecular weight is 287 g/mol. The van der Waals surface area contributed by atoms with Crippen LogP contribution in [0.4, 0.5) is 13.2 Å². The lowest BCUT2D eigenvalue weighted by Crippen LogP contribution is -2.46. The maximum Gasteiger partial charge on any atom is 0.401 e. The molecule has 112 valence electrons. The van der Waals surface area contributed by atoms with Gasteiger partial charge in [0.1, 0.15) is 0 Å². The first-order valence-electron chi connectivity index (χ1n) is 6.86. The number of rotatable bonds is 4. The Hall–Kier alpha value is -1.07. The maximum atomic E-state index is 12.4. The SMILES string of the molecule is OCC1(Cc2ccccc2)CCN(CC(F)(F)F)CC1. The van der Waals surface area contributed by atoms with Gasteiger partial charge >= 0.3 is 6.18 Å². The summed E-state index contributed by atoms with van der Waals surface area (Å²) in [7, 11) is 0. The van der Waals surface area contributed by atoms with Crippen molar-refractivity contribution in [2.24, 2.45) is 5.41 Å². The molecule has 0 amide bonds. The minimum Gasteiger partial charge on any atom is -0.396 e. The zero-order chi connectivity index (χ0) is 14.6. The molecule has 1 N–H and O–H groups in total. The third-order valence-corrected chi connectivity index (χ3v) is 4.08. The van der Waals surface area contributed by atoms with Crippen molar-refractivity contribution in [2.75, 3.05) is 26.2 Å². The molecule has 2 nitrogen and oxygen atoms in total. The highest BCUT2D eigenvalue weighted by molar-refractivity contribution is 5.17. The molecule has 0 aliphatic carbocycles. The second-order valence-electron chi connectivity index (χ2n) is 5.71. The predicted octanol–water partition coefficient (Wildman–Crippen LogP) is 2.87. The number of hydrogen-bond acceptors (Lipinski definition) is 2. The molecule has 20 heavy (non-hydrogen) atoms. The lowest BCUT2D eigenvalue weighted by atomic mass is 9.74. The lowest BCUT2D eigenvalue weighted by molar-refractivity contribution is -0.151. The Bertz CT molecular complexity index is 411. The summed E-state index contributed by atoms with van der Waals surface area (Å²) in [6, 6.07) is 9.82. The first-order chi connectivity index (χ1) is 9.42. The van der Waals surface area contributed by atoms with Gasteiger partial charge in [0.25, 0.3) is 0 Å². The summed E-state index contributed by atoms with van der Waals surface area (Å²) >= 11 is 0. The quantitative estimate of drug-likeness (QED) is 0.920. The lowest BCUT2D eigenvalue weighted by Gasteiger charge is -2.41. The minimum absolute atomic E-state index is 0.0295. The number of halogens is 3. The van der Waals surface area contributed by atoms with Gasteiger partial charge in [-0.1, -0.05) is 30.3 Å². The van der Waals surface area contributed by atoms with E-state index in [4.69, 9.17) is 0 Å². The van der Waals surface area contributed by atoms with E-state index in [9.17, 15) is 18.3 Å². The van der Waals surface area contributed by atoms with Crippen molar-refractivity contribution in [3.05, 3.63) is 35.9 Å². The van der Waals surface area contributed by atoms with E-state index in [0.29, 0.717) is 25.9 Å². The molecule has 5 heteroatoms. The molecule has 0 bridgehead atoms. The van der Waals surface area contributed by atoms with E-state index in [2.05, 4.69) is 0 Å². The molecule has 1 aliphatic heterocycles. The normalized spacial score (nSPS) is 20.0. The van der Waals surface area contributed by atoms with Gasteiger partial charge in [0.15, 0.2) is 0 Å². The molecule has 1 heterocycles. The van der Waals surface area contributed by atoms with E-state index in [1.54, 1.807) is 0 Å². The molecule has 1 fully saturated rings. The van der Waals surface area contributed by atoms with Gasteiger partial charge in [0.05, 0.1) is 6.54 Å². The van der Waals surface area contributed by atoms with Crippen molar-refractivity contribution in [1.82, 2.24) is 4.90 Å². The summed E-state index contributed by atoms with van der Waals surface area (Å²) < 4.78 is 37.1. The van der Waals surface area contributed by atoms with Crippen molar-refractivity contribution in [3.8, 4) is 0 Å². The minimum atomic E-state index is -4.14. The summed E-state index contributed by atoms with van der Waals surface area (Å²) in [5, 5.41) is 9.68. The van der Waals surface area contributed by atoms with E-state index in [1.807, 2.05) is 30.3 Å². The molecule has 0 unspecified atom stereocenters. The maximum absolute atomic E-state index is 12.4. The molecular formula is C15H20F3NO. The fourth-order valence-electron chi connectivity index (χ4n) is 2.86. The van der Waals surface area contributed by atoms with Crippen LogP contribution in [0.5, 0.6) is 0 Å². The van der Waals surface area contributed by atoms with Gasteiger partial charge in [-0.15, -0.1) is 0 Å². The van der Waals surface area contributed by atoms with E-state index >= 15 is 0 Å². The van der Waals surface area contributed by atoms with Crippen LogP contribution < -0.4 is 0 Å². The van der Waals surface area contributed by atoms with E-state index < -0.39 is 12.7 Å². The van der Waals surface area contributed by atoms with Crippen LogP contribution in [-0.4, -0.2) is 42.4 Å². The third-order valence-electron chi connectivity index (χ3n) is 4.08. The summed E-state index contributed by atoms with van der Waals surface area (Å²) in [5.41, 5.74) is 0.856. The van der Waals surface area contributed by atoms with Gasteiger partial charge in [0.2, 0.25) is 0 Å². The van der Waals surface area contributed by atoms with Gasteiger partial charge in [-0.05, 0) is 43.3 Å². The topological polar surface area (TPSA) is 23.5 Å². The second-order valence-corrected chi connectivity index (χ2v) is 5.71. The Kier molecular flexibility index (Phi) is 4.70. The van der Waals surface area contributed by atoms with Crippen LogP contribution in [0.15, 0.2) is 30.3 Å². The molecule has 1 aromatic rings. The van der Waals surface area contributed by atoms with Crippen molar-refractivity contribution in [3.63, 3.8) is 0 Å². The van der Waals surface area contributed by atoms with Crippen molar-refractivity contribution < 1.29 is 18.3 Å². The van der Waals surface area contributed by atoms with Gasteiger partial charge in [0, 0.05) is 6.61 Å². The molecule has 1 aliphatic rings. The second kappa shape index (κ2) is 6.14. The number of likely N-dealkylation sites (tertiary alicyclic amines) is 1. The van der Waals surface area contributed by atoms with Crippen LogP contribution in [-0.2, 0) is 6.42 Å². The Morgan fingerprint density at radius 3 is 2.20 bits per heavy atom. The van der Waals surface area contributed by atoms with E-state index in [1.165, 1.54) is 4.90 Å². The fraction of sp³-hybridized carbons (Fsp3) is 0.600. The molecule has 2 rings (SSSR count). The molecule has 1 aromatic carbocycles. The molecule has 1 saturated heterocycles. The van der Waals surface area contributed by atoms with Crippen molar-refractivity contribution >= 4 is 0 Å². The standard InChI is InChI=1S/C15H20F3NO/c16-15(17,18)11-19-8-6-14(12-20,7-9-19)10-13-4-2-1-3-5-13/h1-5,20H,6-12H2. The highest BCUT2D eigenvalue weighted by atomic mass is 19.4. The van der Waals surface area contributed by atoms with Crippen LogP contribution in [0.2, 0.25) is 0 Å². The first kappa shape index (κ1) is 15.3. The fourth-order valence-corrected chi connectivity index (χ4v) is 2.86. The number of piperidine rings is 1. The Labute approximate surface area is 117 Å². The summed E-state index contributed by atoms with van der Waals surface area (Å²) in [6.45, 7) is -0.0264. The molecular weight excluding hydrogens is 267 g/mol. The van der Waals surface area contributed by atoms with Crippen molar-refractivity contribution in [1.29, 1.82) is 0 Å². The monoisotopic (exact) mass is 287 g/mol. The van der Waals surface area contributed by atoms with Crippen LogP contribution in [0.3, 0.4) is 0 Å². The van der Waals surface area contributed by atoms with Gasteiger partial charge in [-0.25, -0.2) is 0 Å². The summed E-state index contributed by atoms with van der Waals surface area (Å²) in [5.74, 6) is 0. The zero-order valence-electron chi connectivity index (χ0n) is 11.4. The molecule has 0 spiro atoms. The number of aliphatic hydroxyl groups excluding tert-OH is 1. The largest absolute Gasteiger partial charge is 0.401 e. The third kappa shape index (κ3) is 4.21. The van der Waals surface area contributed by atoms with E-state index in [-0.39, 0.29) is 12.0 Å². The van der Waals surface area contributed by atoms with Gasteiger partial charge in [-0.2, -0.15) is 13.2 Å². The molecule has 0 aromatic heterocycles. The van der Waals surface area contributed by atoms with Gasteiger partial charge < -0.3 is 5.11 Å². The Morgan fingerprint density at radius 1 is 1.10 bits per heavy atom. The van der Waals surface area contributed by atoms with E-state index in [0.717, 1.165) is 12.0 Å². The number of hydrogen-bond donors (Lipinski definition) is 1. The zero-order valence-corrected chi connectivity index (χ0v) is 11.4. The summed E-state index contributed by atoms with van der Waals surface area (Å²) in [6.07, 6.45) is -2.20. The van der Waals surface area contributed by atoms with Crippen LogP contribution in [0, 0.1) is 5.41 Å². The number of benzene rings is 1. The average Bonchev–Trinajstić information content (AvgIpc) is 2.41. The van der Waals surface area contributed by atoms with Crippen LogP contribution >= 0.6 is 0 Å². The Balaban J connectivity index is 1.94. The summed E-state index contributed by atoms with van der Waals surface area (Å²) in [4.78, 5) is 1.43. The number of nitrogens with zero attached hydrogens (tertiary/aromatic N) is 1. The Morgan fingerprint density at radius 2 is 1.70 bits per heavy atom. The van der Waals surface area contributed by atoms with Crippen LogP contribution in [0.25, 0.3) is 0 Å². The number of aliphatic hydroxyl groups is 1. The molecule has 0 atom stereocenters. The van der Waals surface area contributed by atoms with Crippen LogP contribution in [0.1, 0.15) is 18.4 Å². The van der Waals surface area contributed by atoms with Gasteiger partial charge in [-0.3, -0.25) is 4.90 Å². The molecule has 0 saturated carbocycles. The number of alkyl halides is 3. The highest BCUT2D eigenvalue weighted by Crippen LogP contribution is 2.35. The van der Waals surface area contributed by atoms with Crippen molar-refractivity contribution in [2.45, 2.75) is 25.4 Å². The highest BCUT2D eigenvalue weighted by Gasteiger charge is 2.38. The smallest absolute Gasteiger partial charge is 0.396 e.